The fraction of sp³-hybridized carbons (Fsp3) is 0.556. The summed E-state index contributed by atoms with van der Waals surface area (Å²) in [6.45, 7) is 6.40. The van der Waals surface area contributed by atoms with Crippen LogP contribution in [0.1, 0.15) is 13.3 Å². The van der Waals surface area contributed by atoms with Gasteiger partial charge in [-0.05, 0) is 6.42 Å². The maximum Gasteiger partial charge on any atom is 0.243 e. The van der Waals surface area contributed by atoms with Crippen molar-refractivity contribution in [2.24, 2.45) is 0 Å². The van der Waals surface area contributed by atoms with Crippen LogP contribution in [0, 0.1) is 0 Å². The minimum Gasteiger partial charge on any atom is -0.294 e. The normalized spacial score (nSPS) is 23.4. The van der Waals surface area contributed by atoms with Crippen molar-refractivity contribution < 1.29 is 9.59 Å². The molecule has 0 bridgehead atoms. The number of carbonyl (C=O) groups is 2. The van der Waals surface area contributed by atoms with Crippen molar-refractivity contribution in [2.45, 2.75) is 19.4 Å². The summed E-state index contributed by atoms with van der Waals surface area (Å²) in [7, 11) is 0. The maximum absolute atomic E-state index is 11.4. The smallest absolute Gasteiger partial charge is 0.243 e. The third-order valence-corrected chi connectivity index (χ3v) is 2.36. The molecule has 2 amide bonds. The number of halogens is 1. The Kier molecular flexibility index (Phi) is 3.83. The molecule has 1 N–H and O–H groups in total. The molecule has 1 atom stereocenters. The third-order valence-electron chi connectivity index (χ3n) is 2.11. The molecule has 1 rings (SSSR count). The van der Waals surface area contributed by atoms with Crippen LogP contribution in [-0.2, 0) is 9.59 Å². The van der Waals surface area contributed by atoms with Crippen molar-refractivity contribution in [3.8, 4) is 0 Å². The summed E-state index contributed by atoms with van der Waals surface area (Å²) in [5.74, 6) is -0.453. The monoisotopic (exact) mass is 260 g/mol. The molecule has 5 heteroatoms. The molecule has 0 aromatic carbocycles. The molecule has 0 aromatic rings. The van der Waals surface area contributed by atoms with E-state index in [1.54, 1.807) is 0 Å². The van der Waals surface area contributed by atoms with E-state index in [-0.39, 0.29) is 24.4 Å². The predicted octanol–water partition coefficient (Wildman–Crippen LogP) is 0.632. The summed E-state index contributed by atoms with van der Waals surface area (Å²) in [5.41, 5.74) is 0. The number of hydrogen-bond donors (Lipinski definition) is 1. The molecule has 1 unspecified atom stereocenters. The molecule has 1 saturated heterocycles. The Bertz CT molecular complexity index is 276. The van der Waals surface area contributed by atoms with Crippen LogP contribution in [0.15, 0.2) is 11.1 Å². The van der Waals surface area contributed by atoms with Crippen LogP contribution in [0.25, 0.3) is 0 Å². The van der Waals surface area contributed by atoms with Crippen LogP contribution in [-0.4, -0.2) is 35.8 Å². The lowest BCUT2D eigenvalue weighted by Crippen LogP contribution is -2.57. The summed E-state index contributed by atoms with van der Waals surface area (Å²) in [6, 6.07) is -0.220. The maximum atomic E-state index is 11.4. The molecule has 14 heavy (non-hydrogen) atoms. The Morgan fingerprint density at radius 1 is 1.71 bits per heavy atom. The summed E-state index contributed by atoms with van der Waals surface area (Å²) in [4.78, 5) is 24.3. The van der Waals surface area contributed by atoms with Crippen LogP contribution in [0.5, 0.6) is 0 Å². The second kappa shape index (κ2) is 4.70. The van der Waals surface area contributed by atoms with E-state index < -0.39 is 0 Å². The third kappa shape index (κ3) is 2.65. The molecule has 1 fully saturated rings. The van der Waals surface area contributed by atoms with Gasteiger partial charge in [0.15, 0.2) is 0 Å². The lowest BCUT2D eigenvalue weighted by Gasteiger charge is -2.32. The lowest BCUT2D eigenvalue weighted by atomic mass is 10.1. The van der Waals surface area contributed by atoms with Gasteiger partial charge in [0.25, 0.3) is 0 Å². The molecule has 0 spiro atoms. The number of carbonyl (C=O) groups excluding carboxylic acids is 2. The first-order valence-corrected chi connectivity index (χ1v) is 5.25. The molecule has 1 aliphatic rings. The Balaban J connectivity index is 2.72. The standard InChI is InChI=1S/C9H13BrN2O2/c1-3-7-9(14)11-8(13)5-12(7)4-6(2)10/h7H,2-5H2,1H3,(H,11,13,14). The molecule has 0 aliphatic carbocycles. The van der Waals surface area contributed by atoms with E-state index >= 15 is 0 Å². The minimum absolute atomic E-state index is 0.211. The highest BCUT2D eigenvalue weighted by atomic mass is 79.9. The van der Waals surface area contributed by atoms with E-state index in [4.69, 9.17) is 0 Å². The highest BCUT2D eigenvalue weighted by Gasteiger charge is 2.31. The fourth-order valence-corrected chi connectivity index (χ4v) is 1.87. The van der Waals surface area contributed by atoms with E-state index in [1.807, 2.05) is 11.8 Å². The second-order valence-corrected chi connectivity index (χ2v) is 4.38. The van der Waals surface area contributed by atoms with Gasteiger partial charge in [0.1, 0.15) is 0 Å². The summed E-state index contributed by atoms with van der Waals surface area (Å²) >= 11 is 3.23. The quantitative estimate of drug-likeness (QED) is 0.758. The molecule has 0 radical (unpaired) electrons. The minimum atomic E-state index is -0.242. The first-order chi connectivity index (χ1) is 6.54. The molecule has 78 valence electrons. The van der Waals surface area contributed by atoms with Gasteiger partial charge in [0.05, 0.1) is 12.6 Å². The van der Waals surface area contributed by atoms with E-state index in [0.717, 1.165) is 4.48 Å². The lowest BCUT2D eigenvalue weighted by molar-refractivity contribution is -0.139. The average Bonchev–Trinajstić information content (AvgIpc) is 2.01. The van der Waals surface area contributed by atoms with Crippen molar-refractivity contribution in [3.05, 3.63) is 11.1 Å². The van der Waals surface area contributed by atoms with Gasteiger partial charge in [-0.25, -0.2) is 0 Å². The highest BCUT2D eigenvalue weighted by Crippen LogP contribution is 2.13. The first-order valence-electron chi connectivity index (χ1n) is 4.45. The fourth-order valence-electron chi connectivity index (χ4n) is 1.55. The number of nitrogens with one attached hydrogen (secondary N) is 1. The van der Waals surface area contributed by atoms with Gasteiger partial charge in [0.2, 0.25) is 11.8 Å². The van der Waals surface area contributed by atoms with Crippen molar-refractivity contribution in [2.75, 3.05) is 13.1 Å². The number of rotatable bonds is 3. The van der Waals surface area contributed by atoms with Gasteiger partial charge in [-0.2, -0.15) is 0 Å². The highest BCUT2D eigenvalue weighted by molar-refractivity contribution is 9.11. The van der Waals surface area contributed by atoms with Crippen molar-refractivity contribution in [1.29, 1.82) is 0 Å². The zero-order valence-corrected chi connectivity index (χ0v) is 9.63. The molecule has 1 heterocycles. The second-order valence-electron chi connectivity index (χ2n) is 3.26. The molecule has 4 nitrogen and oxygen atoms in total. The number of hydrogen-bond acceptors (Lipinski definition) is 3. The average molecular weight is 261 g/mol. The van der Waals surface area contributed by atoms with Crippen LogP contribution in [0.4, 0.5) is 0 Å². The Morgan fingerprint density at radius 3 is 2.86 bits per heavy atom. The topological polar surface area (TPSA) is 49.4 Å². The number of amides is 2. The zero-order valence-electron chi connectivity index (χ0n) is 8.05. The van der Waals surface area contributed by atoms with Gasteiger partial charge >= 0.3 is 0 Å². The Morgan fingerprint density at radius 2 is 2.36 bits per heavy atom. The van der Waals surface area contributed by atoms with Gasteiger partial charge in [0, 0.05) is 11.0 Å². The molecular formula is C9H13BrN2O2. The number of piperazine rings is 1. The van der Waals surface area contributed by atoms with E-state index in [2.05, 4.69) is 27.8 Å². The van der Waals surface area contributed by atoms with E-state index in [1.165, 1.54) is 0 Å². The van der Waals surface area contributed by atoms with Crippen LogP contribution in [0.2, 0.25) is 0 Å². The SMILES string of the molecule is C=C(Br)CN1CC(=O)NC(=O)C1CC. The van der Waals surface area contributed by atoms with Crippen molar-refractivity contribution >= 4 is 27.7 Å². The van der Waals surface area contributed by atoms with Gasteiger partial charge in [-0.1, -0.05) is 29.4 Å². The summed E-state index contributed by atoms with van der Waals surface area (Å²) in [5, 5.41) is 2.32. The Labute approximate surface area is 91.5 Å². The molecular weight excluding hydrogens is 248 g/mol. The van der Waals surface area contributed by atoms with Crippen LogP contribution in [0.3, 0.4) is 0 Å². The largest absolute Gasteiger partial charge is 0.294 e. The summed E-state index contributed by atoms with van der Waals surface area (Å²) in [6.07, 6.45) is 0.694. The molecule has 0 aromatic heterocycles. The zero-order chi connectivity index (χ0) is 10.7. The first kappa shape index (κ1) is 11.4. The van der Waals surface area contributed by atoms with Gasteiger partial charge < -0.3 is 0 Å². The van der Waals surface area contributed by atoms with Gasteiger partial charge in [-0.15, -0.1) is 0 Å². The molecule has 1 aliphatic heterocycles. The molecule has 0 saturated carbocycles. The van der Waals surface area contributed by atoms with Crippen molar-refractivity contribution in [1.82, 2.24) is 10.2 Å². The van der Waals surface area contributed by atoms with E-state index in [9.17, 15) is 9.59 Å². The Hall–Kier alpha value is -0.680. The van der Waals surface area contributed by atoms with E-state index in [0.29, 0.717) is 13.0 Å². The predicted molar refractivity (Wildman–Crippen MR) is 56.9 cm³/mol. The van der Waals surface area contributed by atoms with Crippen molar-refractivity contribution in [3.63, 3.8) is 0 Å². The van der Waals surface area contributed by atoms with Crippen LogP contribution < -0.4 is 5.32 Å². The van der Waals surface area contributed by atoms with Gasteiger partial charge in [-0.3, -0.25) is 19.8 Å². The summed E-state index contributed by atoms with van der Waals surface area (Å²) < 4.78 is 0.776. The van der Waals surface area contributed by atoms with Crippen LogP contribution >= 0.6 is 15.9 Å². The number of nitrogens with zero attached hydrogens (tertiary/aromatic N) is 1. The number of imide groups is 1.